The van der Waals surface area contributed by atoms with Crippen molar-refractivity contribution >= 4 is 11.9 Å². The van der Waals surface area contributed by atoms with Crippen LogP contribution in [0.1, 0.15) is 60.8 Å². The summed E-state index contributed by atoms with van der Waals surface area (Å²) in [6.45, 7) is 11.5. The van der Waals surface area contributed by atoms with Gasteiger partial charge in [-0.05, 0) is 44.4 Å². The van der Waals surface area contributed by atoms with E-state index in [1.807, 2.05) is 20.8 Å². The van der Waals surface area contributed by atoms with E-state index in [9.17, 15) is 14.7 Å². The molecule has 1 rings (SSSR count). The van der Waals surface area contributed by atoms with Gasteiger partial charge in [0.2, 0.25) is 5.91 Å². The molecule has 0 aromatic heterocycles. The monoisotopic (exact) mass is 269 g/mol. The van der Waals surface area contributed by atoms with Gasteiger partial charge >= 0.3 is 5.97 Å². The molecule has 0 heterocycles. The van der Waals surface area contributed by atoms with Gasteiger partial charge in [0, 0.05) is 13.0 Å². The van der Waals surface area contributed by atoms with Crippen LogP contribution in [0.15, 0.2) is 0 Å². The quantitative estimate of drug-likeness (QED) is 0.857. The van der Waals surface area contributed by atoms with E-state index in [0.717, 1.165) is 12.8 Å². The smallest absolute Gasteiger partial charge is 0.329 e. The molecule has 2 atom stereocenters. The Morgan fingerprint density at radius 1 is 1.26 bits per heavy atom. The molecule has 0 aromatic rings. The van der Waals surface area contributed by atoms with Crippen LogP contribution >= 0.6 is 0 Å². The van der Waals surface area contributed by atoms with Crippen LogP contribution in [0.5, 0.6) is 0 Å². The molecule has 19 heavy (non-hydrogen) atoms. The van der Waals surface area contributed by atoms with E-state index in [0.29, 0.717) is 6.42 Å². The number of amides is 1. The van der Waals surface area contributed by atoms with Gasteiger partial charge in [-0.2, -0.15) is 0 Å². The van der Waals surface area contributed by atoms with E-state index in [1.54, 1.807) is 4.90 Å². The van der Waals surface area contributed by atoms with Gasteiger partial charge in [0.1, 0.15) is 5.54 Å². The van der Waals surface area contributed by atoms with Crippen LogP contribution in [-0.2, 0) is 9.59 Å². The highest BCUT2D eigenvalue weighted by atomic mass is 16.4. The molecule has 2 unspecified atom stereocenters. The van der Waals surface area contributed by atoms with Crippen molar-refractivity contribution < 1.29 is 14.7 Å². The van der Waals surface area contributed by atoms with Crippen molar-refractivity contribution in [1.29, 1.82) is 0 Å². The van der Waals surface area contributed by atoms with Crippen molar-refractivity contribution in [1.82, 2.24) is 4.90 Å². The Kier molecular flexibility index (Phi) is 4.33. The first-order chi connectivity index (χ1) is 8.54. The summed E-state index contributed by atoms with van der Waals surface area (Å²) in [5.41, 5.74) is -0.896. The summed E-state index contributed by atoms with van der Waals surface area (Å²) >= 11 is 0. The van der Waals surface area contributed by atoms with Crippen molar-refractivity contribution in [3.63, 3.8) is 0 Å². The van der Waals surface area contributed by atoms with Crippen molar-refractivity contribution in [2.75, 3.05) is 0 Å². The molecule has 1 saturated carbocycles. The summed E-state index contributed by atoms with van der Waals surface area (Å²) < 4.78 is 0. The molecule has 0 aliphatic heterocycles. The predicted molar refractivity (Wildman–Crippen MR) is 74.8 cm³/mol. The van der Waals surface area contributed by atoms with E-state index in [4.69, 9.17) is 0 Å². The number of nitrogens with zero attached hydrogens (tertiary/aromatic N) is 1. The standard InChI is InChI=1S/C15H27NO3/c1-10(2)16(12(4)17)15(13(18)19)8-7-14(5,6)9-11(15)3/h10-11H,7-9H2,1-6H3,(H,18,19). The van der Waals surface area contributed by atoms with E-state index in [1.165, 1.54) is 6.92 Å². The molecule has 1 fully saturated rings. The topological polar surface area (TPSA) is 57.6 Å². The maximum atomic E-state index is 12.0. The van der Waals surface area contributed by atoms with Crippen molar-refractivity contribution in [3.05, 3.63) is 0 Å². The molecule has 1 N–H and O–H groups in total. The fraction of sp³-hybridized carbons (Fsp3) is 0.867. The van der Waals surface area contributed by atoms with Gasteiger partial charge in [0.25, 0.3) is 0 Å². The highest BCUT2D eigenvalue weighted by molar-refractivity contribution is 5.86. The number of carbonyl (C=O) groups is 2. The van der Waals surface area contributed by atoms with Gasteiger partial charge in [-0.15, -0.1) is 0 Å². The zero-order chi connectivity index (χ0) is 15.0. The molecule has 0 radical (unpaired) electrons. The van der Waals surface area contributed by atoms with Crippen LogP contribution in [0.3, 0.4) is 0 Å². The van der Waals surface area contributed by atoms with Crippen LogP contribution in [-0.4, -0.2) is 33.5 Å². The molecule has 0 saturated heterocycles. The Balaban J connectivity index is 3.25. The zero-order valence-corrected chi connectivity index (χ0v) is 13.0. The Morgan fingerprint density at radius 3 is 2.11 bits per heavy atom. The minimum Gasteiger partial charge on any atom is -0.479 e. The summed E-state index contributed by atoms with van der Waals surface area (Å²) in [5, 5.41) is 9.80. The average Bonchev–Trinajstić information content (AvgIpc) is 2.19. The third-order valence-corrected chi connectivity index (χ3v) is 4.51. The van der Waals surface area contributed by atoms with Crippen LogP contribution < -0.4 is 0 Å². The van der Waals surface area contributed by atoms with Gasteiger partial charge in [0.05, 0.1) is 0 Å². The normalized spacial score (nSPS) is 30.2. The first-order valence-electron chi connectivity index (χ1n) is 7.08. The minimum atomic E-state index is -1.05. The third-order valence-electron chi connectivity index (χ3n) is 4.51. The second-order valence-electron chi connectivity index (χ2n) is 6.98. The first-order valence-corrected chi connectivity index (χ1v) is 7.08. The van der Waals surface area contributed by atoms with Gasteiger partial charge in [0.15, 0.2) is 0 Å². The Hall–Kier alpha value is -1.06. The molecule has 1 aliphatic carbocycles. The van der Waals surface area contributed by atoms with Crippen molar-refractivity contribution in [3.8, 4) is 0 Å². The zero-order valence-electron chi connectivity index (χ0n) is 13.0. The summed E-state index contributed by atoms with van der Waals surface area (Å²) in [4.78, 5) is 25.5. The maximum Gasteiger partial charge on any atom is 0.329 e. The summed E-state index contributed by atoms with van der Waals surface area (Å²) in [6, 6.07) is -0.0998. The molecule has 1 amide bonds. The van der Waals surface area contributed by atoms with Crippen molar-refractivity contribution in [2.24, 2.45) is 11.3 Å². The van der Waals surface area contributed by atoms with Crippen LogP contribution in [0.25, 0.3) is 0 Å². The average molecular weight is 269 g/mol. The first kappa shape index (κ1) is 16.0. The summed E-state index contributed by atoms with van der Waals surface area (Å²) in [6.07, 6.45) is 2.20. The second kappa shape index (κ2) is 5.14. The number of carboxylic acid groups (broad SMARTS) is 1. The SMILES string of the molecule is CC(=O)N(C(C)C)C1(C(=O)O)CCC(C)(C)CC1C. The van der Waals surface area contributed by atoms with Crippen LogP contribution in [0.2, 0.25) is 0 Å². The number of carbonyl (C=O) groups excluding carboxylic acids is 1. The Morgan fingerprint density at radius 2 is 1.79 bits per heavy atom. The molecule has 0 bridgehead atoms. The minimum absolute atomic E-state index is 0.0416. The van der Waals surface area contributed by atoms with Crippen LogP contribution in [0.4, 0.5) is 0 Å². The molecule has 110 valence electrons. The molecule has 1 aliphatic rings. The number of hydrogen-bond acceptors (Lipinski definition) is 2. The Bertz CT molecular complexity index is 376. The molecule has 4 heteroatoms. The van der Waals surface area contributed by atoms with E-state index >= 15 is 0 Å². The van der Waals surface area contributed by atoms with E-state index < -0.39 is 11.5 Å². The van der Waals surface area contributed by atoms with E-state index in [-0.39, 0.29) is 23.3 Å². The molecular weight excluding hydrogens is 242 g/mol. The number of aliphatic carboxylic acids is 1. The highest BCUT2D eigenvalue weighted by Crippen LogP contribution is 2.47. The number of carboxylic acids is 1. The van der Waals surface area contributed by atoms with Gasteiger partial charge in [-0.3, -0.25) is 4.79 Å². The number of rotatable bonds is 3. The lowest BCUT2D eigenvalue weighted by Crippen LogP contribution is -2.64. The molecule has 0 aromatic carbocycles. The molecule has 4 nitrogen and oxygen atoms in total. The molecule has 0 spiro atoms. The second-order valence-corrected chi connectivity index (χ2v) is 6.98. The third kappa shape index (κ3) is 2.77. The lowest BCUT2D eigenvalue weighted by molar-refractivity contribution is -0.171. The lowest BCUT2D eigenvalue weighted by Gasteiger charge is -2.52. The summed E-state index contributed by atoms with van der Waals surface area (Å²) in [5.74, 6) is -1.05. The predicted octanol–water partition coefficient (Wildman–Crippen LogP) is 2.91. The largest absolute Gasteiger partial charge is 0.479 e. The van der Waals surface area contributed by atoms with Gasteiger partial charge in [-0.25, -0.2) is 4.79 Å². The Labute approximate surface area is 116 Å². The fourth-order valence-corrected chi connectivity index (χ4v) is 3.76. The van der Waals surface area contributed by atoms with Crippen molar-refractivity contribution in [2.45, 2.75) is 72.4 Å². The fourth-order valence-electron chi connectivity index (χ4n) is 3.76. The van der Waals surface area contributed by atoms with Gasteiger partial charge < -0.3 is 10.0 Å². The van der Waals surface area contributed by atoms with Gasteiger partial charge in [-0.1, -0.05) is 20.8 Å². The lowest BCUT2D eigenvalue weighted by atomic mass is 9.63. The molecular formula is C15H27NO3. The summed E-state index contributed by atoms with van der Waals surface area (Å²) in [7, 11) is 0. The maximum absolute atomic E-state index is 12.0. The number of hydrogen-bond donors (Lipinski definition) is 1. The van der Waals surface area contributed by atoms with E-state index in [2.05, 4.69) is 13.8 Å². The van der Waals surface area contributed by atoms with Crippen LogP contribution in [0, 0.1) is 11.3 Å². The highest BCUT2D eigenvalue weighted by Gasteiger charge is 2.54.